The first kappa shape index (κ1) is 28.2. The van der Waals surface area contributed by atoms with Gasteiger partial charge in [-0.25, -0.2) is 17.5 Å². The van der Waals surface area contributed by atoms with Crippen LogP contribution in [0.4, 0.5) is 0 Å². The summed E-state index contributed by atoms with van der Waals surface area (Å²) in [6.07, 6.45) is 4.49. The van der Waals surface area contributed by atoms with Gasteiger partial charge < -0.3 is 9.84 Å². The summed E-state index contributed by atoms with van der Waals surface area (Å²) < 4.78 is 31.8. The SMILES string of the molecule is CSc1ccc(C(=O)[C@H]2CN(S(C)(=O)=O)C[C@@H]2CCc2cc(C)c(OC(C)(C)C(=O)O)c(C)c2)cc1. The number of carboxylic acids is 1. The van der Waals surface area contributed by atoms with Crippen molar-refractivity contribution in [2.75, 3.05) is 25.6 Å². The molecule has 196 valence electrons. The molecule has 3 rings (SSSR count). The number of hydrogen-bond donors (Lipinski definition) is 1. The van der Waals surface area contributed by atoms with E-state index in [1.165, 1.54) is 24.4 Å². The molecule has 0 aliphatic carbocycles. The first-order chi connectivity index (χ1) is 16.7. The first-order valence-corrected chi connectivity index (χ1v) is 15.0. The van der Waals surface area contributed by atoms with E-state index in [2.05, 4.69) is 0 Å². The van der Waals surface area contributed by atoms with Gasteiger partial charge in [-0.15, -0.1) is 11.8 Å². The molecule has 1 aliphatic heterocycles. The van der Waals surface area contributed by atoms with Crippen molar-refractivity contribution in [2.24, 2.45) is 11.8 Å². The molecule has 0 spiro atoms. The molecule has 9 heteroatoms. The van der Waals surface area contributed by atoms with E-state index >= 15 is 0 Å². The summed E-state index contributed by atoms with van der Waals surface area (Å²) in [6.45, 7) is 7.32. The van der Waals surface area contributed by atoms with Gasteiger partial charge in [-0.05, 0) is 81.5 Å². The van der Waals surface area contributed by atoms with Crippen LogP contribution in [0.15, 0.2) is 41.3 Å². The van der Waals surface area contributed by atoms with Crippen LogP contribution in [-0.4, -0.2) is 60.8 Å². The van der Waals surface area contributed by atoms with Crippen LogP contribution in [0.1, 0.15) is 47.3 Å². The number of carbonyl (C=O) groups is 2. The number of Topliss-reactive ketones (excluding diaryl/α,β-unsaturated/α-hetero) is 1. The van der Waals surface area contributed by atoms with Gasteiger partial charge in [-0.2, -0.15) is 0 Å². The lowest BCUT2D eigenvalue weighted by Gasteiger charge is -2.25. The number of carboxylic acid groups (broad SMARTS) is 1. The molecule has 2 aromatic rings. The molecule has 0 aromatic heterocycles. The van der Waals surface area contributed by atoms with Crippen LogP contribution in [0, 0.1) is 25.7 Å². The second-order valence-electron chi connectivity index (χ2n) is 10.1. The molecule has 0 amide bonds. The quantitative estimate of drug-likeness (QED) is 0.352. The molecule has 36 heavy (non-hydrogen) atoms. The molecule has 1 aliphatic rings. The van der Waals surface area contributed by atoms with Gasteiger partial charge >= 0.3 is 5.97 Å². The number of carbonyl (C=O) groups excluding carboxylic acids is 1. The fourth-order valence-electron chi connectivity index (χ4n) is 4.66. The number of nitrogens with zero attached hydrogens (tertiary/aromatic N) is 1. The Balaban J connectivity index is 1.79. The standard InChI is InChI=1S/C27H35NO6S2/c1-17-13-19(14-18(2)25(17)34-27(3,4)26(30)31)7-8-21-15-28(36(6,32)33)16-23(21)24(29)20-9-11-22(35-5)12-10-20/h9-14,21,23H,7-8,15-16H2,1-6H3,(H,30,31)/t21-,23-/m0/s1. The van der Waals surface area contributed by atoms with E-state index in [-0.39, 0.29) is 18.2 Å². The van der Waals surface area contributed by atoms with Gasteiger partial charge in [-0.3, -0.25) is 4.79 Å². The monoisotopic (exact) mass is 533 g/mol. The second-order valence-corrected chi connectivity index (χ2v) is 12.9. The Labute approximate surface area is 218 Å². The molecule has 0 bridgehead atoms. The molecule has 2 atom stereocenters. The van der Waals surface area contributed by atoms with Crippen molar-refractivity contribution in [1.29, 1.82) is 0 Å². The van der Waals surface area contributed by atoms with Crippen molar-refractivity contribution < 1.29 is 27.9 Å². The van der Waals surface area contributed by atoms with Crippen LogP contribution < -0.4 is 4.74 Å². The predicted molar refractivity (Wildman–Crippen MR) is 143 cm³/mol. The molecule has 0 unspecified atom stereocenters. The van der Waals surface area contributed by atoms with E-state index in [9.17, 15) is 23.1 Å². The van der Waals surface area contributed by atoms with Crippen molar-refractivity contribution in [1.82, 2.24) is 4.31 Å². The van der Waals surface area contributed by atoms with E-state index in [1.54, 1.807) is 11.8 Å². The summed E-state index contributed by atoms with van der Waals surface area (Å²) in [6, 6.07) is 11.4. The maximum Gasteiger partial charge on any atom is 0.347 e. The highest BCUT2D eigenvalue weighted by Crippen LogP contribution is 2.34. The number of benzene rings is 2. The van der Waals surface area contributed by atoms with Crippen LogP contribution >= 0.6 is 11.8 Å². The van der Waals surface area contributed by atoms with Crippen molar-refractivity contribution in [3.63, 3.8) is 0 Å². The van der Waals surface area contributed by atoms with Crippen molar-refractivity contribution >= 4 is 33.5 Å². The number of thioether (sulfide) groups is 1. The van der Waals surface area contributed by atoms with Crippen LogP contribution in [0.2, 0.25) is 0 Å². The molecule has 1 saturated heterocycles. The Morgan fingerprint density at radius 2 is 1.69 bits per heavy atom. The highest BCUT2D eigenvalue weighted by molar-refractivity contribution is 7.98. The molecule has 1 heterocycles. The molecule has 1 N–H and O–H groups in total. The average Bonchev–Trinajstić information content (AvgIpc) is 3.24. The van der Waals surface area contributed by atoms with Crippen molar-refractivity contribution in [2.45, 2.75) is 51.0 Å². The fraction of sp³-hybridized carbons (Fsp3) is 0.481. The van der Waals surface area contributed by atoms with Gasteiger partial charge in [0.2, 0.25) is 10.0 Å². The maximum atomic E-state index is 13.4. The van der Waals surface area contributed by atoms with Crippen LogP contribution in [-0.2, 0) is 21.2 Å². The van der Waals surface area contributed by atoms with Gasteiger partial charge in [-0.1, -0.05) is 24.3 Å². The lowest BCUT2D eigenvalue weighted by atomic mass is 9.84. The minimum absolute atomic E-state index is 0.0224. The van der Waals surface area contributed by atoms with Gasteiger partial charge in [0.05, 0.1) is 6.26 Å². The zero-order valence-electron chi connectivity index (χ0n) is 21.7. The lowest BCUT2D eigenvalue weighted by Crippen LogP contribution is -2.38. The Morgan fingerprint density at radius 3 is 2.19 bits per heavy atom. The Morgan fingerprint density at radius 1 is 1.11 bits per heavy atom. The molecular formula is C27H35NO6S2. The minimum atomic E-state index is -3.41. The number of hydrogen-bond acceptors (Lipinski definition) is 6. The number of ketones is 1. The van der Waals surface area contributed by atoms with Crippen LogP contribution in [0.25, 0.3) is 0 Å². The van der Waals surface area contributed by atoms with Crippen molar-refractivity contribution in [3.05, 3.63) is 58.7 Å². The van der Waals surface area contributed by atoms with Crippen LogP contribution in [0.3, 0.4) is 0 Å². The molecule has 0 saturated carbocycles. The van der Waals surface area contributed by atoms with E-state index in [1.807, 2.05) is 56.5 Å². The maximum absolute atomic E-state index is 13.4. The summed E-state index contributed by atoms with van der Waals surface area (Å²) in [5, 5.41) is 9.40. The molecule has 7 nitrogen and oxygen atoms in total. The number of aryl methyl sites for hydroxylation is 3. The van der Waals surface area contributed by atoms with E-state index in [4.69, 9.17) is 4.74 Å². The van der Waals surface area contributed by atoms with Gasteiger partial charge in [0.25, 0.3) is 0 Å². The number of rotatable bonds is 10. The average molecular weight is 534 g/mol. The third-order valence-corrected chi connectivity index (χ3v) is 8.76. The van der Waals surface area contributed by atoms with Gasteiger partial charge in [0.1, 0.15) is 5.75 Å². The van der Waals surface area contributed by atoms with Crippen molar-refractivity contribution in [3.8, 4) is 5.75 Å². The van der Waals surface area contributed by atoms with Crippen LogP contribution in [0.5, 0.6) is 5.75 Å². The summed E-state index contributed by atoms with van der Waals surface area (Å²) >= 11 is 1.60. The normalized spacial score (nSPS) is 18.8. The summed E-state index contributed by atoms with van der Waals surface area (Å²) in [7, 11) is -3.41. The lowest BCUT2D eigenvalue weighted by molar-refractivity contribution is -0.152. The zero-order valence-corrected chi connectivity index (χ0v) is 23.3. The largest absolute Gasteiger partial charge is 0.478 e. The molecular weight excluding hydrogens is 498 g/mol. The first-order valence-electron chi connectivity index (χ1n) is 11.9. The smallest absolute Gasteiger partial charge is 0.347 e. The highest BCUT2D eigenvalue weighted by Gasteiger charge is 2.41. The molecule has 2 aromatic carbocycles. The third kappa shape index (κ3) is 6.49. The zero-order chi connectivity index (χ0) is 26.8. The number of sulfonamides is 1. The summed E-state index contributed by atoms with van der Waals surface area (Å²) in [5.74, 6) is -1.01. The molecule has 0 radical (unpaired) electrons. The summed E-state index contributed by atoms with van der Waals surface area (Å²) in [4.78, 5) is 25.9. The van der Waals surface area contributed by atoms with E-state index in [0.29, 0.717) is 30.7 Å². The number of aliphatic carboxylic acids is 1. The topological polar surface area (TPSA) is 101 Å². The van der Waals surface area contributed by atoms with E-state index in [0.717, 1.165) is 21.6 Å². The number of ether oxygens (including phenoxy) is 1. The van der Waals surface area contributed by atoms with E-state index < -0.39 is 27.5 Å². The minimum Gasteiger partial charge on any atom is -0.478 e. The Hall–Kier alpha value is -2.36. The highest BCUT2D eigenvalue weighted by atomic mass is 32.2. The van der Waals surface area contributed by atoms with Gasteiger partial charge in [0, 0.05) is 29.5 Å². The van der Waals surface area contributed by atoms with Gasteiger partial charge in [0.15, 0.2) is 11.4 Å². The molecule has 1 fully saturated rings. The predicted octanol–water partition coefficient (Wildman–Crippen LogP) is 4.59. The Kier molecular flexibility index (Phi) is 8.58. The summed E-state index contributed by atoms with van der Waals surface area (Å²) in [5.41, 5.74) is 1.97. The second kappa shape index (κ2) is 10.9. The fourth-order valence-corrected chi connectivity index (χ4v) is 5.96. The Bertz CT molecular complexity index is 1210. The third-order valence-electron chi connectivity index (χ3n) is 6.78.